The van der Waals surface area contributed by atoms with Crippen molar-refractivity contribution in [3.8, 4) is 0 Å². The third kappa shape index (κ3) is 6.66. The molecular formula is C22H34IN3OS. The molecule has 2 heterocycles. The fourth-order valence-electron chi connectivity index (χ4n) is 3.75. The average molecular weight is 516 g/mol. The van der Waals surface area contributed by atoms with E-state index in [-0.39, 0.29) is 28.7 Å². The van der Waals surface area contributed by atoms with E-state index >= 15 is 0 Å². The van der Waals surface area contributed by atoms with E-state index in [1.807, 2.05) is 11.8 Å². The second kappa shape index (κ2) is 12.1. The van der Waals surface area contributed by atoms with E-state index in [9.17, 15) is 0 Å². The molecule has 0 radical (unpaired) electrons. The number of likely N-dealkylation sites (tertiary alicyclic amines) is 1. The van der Waals surface area contributed by atoms with Crippen molar-refractivity contribution < 1.29 is 4.74 Å². The minimum Gasteiger partial charge on any atom is -0.381 e. The number of aliphatic imine (C=N–C) groups is 1. The summed E-state index contributed by atoms with van der Waals surface area (Å²) in [5.41, 5.74) is 2.85. The summed E-state index contributed by atoms with van der Waals surface area (Å²) in [6.45, 7) is 7.76. The first kappa shape index (κ1) is 23.5. The monoisotopic (exact) mass is 515 g/mol. The van der Waals surface area contributed by atoms with Crippen molar-refractivity contribution in [3.05, 3.63) is 41.5 Å². The maximum atomic E-state index is 5.56. The predicted octanol–water partition coefficient (Wildman–Crippen LogP) is 4.66. The van der Waals surface area contributed by atoms with Gasteiger partial charge >= 0.3 is 0 Å². The van der Waals surface area contributed by atoms with E-state index < -0.39 is 0 Å². The van der Waals surface area contributed by atoms with E-state index in [1.165, 1.54) is 5.56 Å². The first-order valence-corrected chi connectivity index (χ1v) is 11.4. The Balaban J connectivity index is 0.00000280. The van der Waals surface area contributed by atoms with Gasteiger partial charge in [0.25, 0.3) is 0 Å². The summed E-state index contributed by atoms with van der Waals surface area (Å²) in [5.74, 6) is 1.08. The summed E-state index contributed by atoms with van der Waals surface area (Å²) in [6, 6.07) is 10.6. The Kier molecular flexibility index (Phi) is 10.2. The van der Waals surface area contributed by atoms with Crippen LogP contribution in [0.15, 0.2) is 40.9 Å². The lowest BCUT2D eigenvalue weighted by atomic mass is 9.99. The van der Waals surface area contributed by atoms with Gasteiger partial charge in [-0.25, -0.2) is 0 Å². The van der Waals surface area contributed by atoms with Crippen LogP contribution in [0.3, 0.4) is 0 Å². The number of benzene rings is 1. The molecule has 156 valence electrons. The lowest BCUT2D eigenvalue weighted by Crippen LogP contribution is -2.45. The fraction of sp³-hybridized carbons (Fsp3) is 0.591. The number of thioether (sulfide) groups is 1. The van der Waals surface area contributed by atoms with Crippen molar-refractivity contribution >= 4 is 47.8 Å². The highest BCUT2D eigenvalue weighted by Crippen LogP contribution is 2.34. The Morgan fingerprint density at radius 2 is 1.89 bits per heavy atom. The van der Waals surface area contributed by atoms with Gasteiger partial charge in [0.15, 0.2) is 5.96 Å². The van der Waals surface area contributed by atoms with Gasteiger partial charge in [-0.05, 0) is 44.4 Å². The van der Waals surface area contributed by atoms with Gasteiger partial charge in [-0.1, -0.05) is 42.0 Å². The van der Waals surface area contributed by atoms with Crippen LogP contribution in [-0.2, 0) is 4.74 Å². The number of nitrogens with zero attached hydrogens (tertiary/aromatic N) is 2. The predicted molar refractivity (Wildman–Crippen MR) is 133 cm³/mol. The topological polar surface area (TPSA) is 36.9 Å². The minimum atomic E-state index is 0. The van der Waals surface area contributed by atoms with E-state index in [1.54, 1.807) is 5.57 Å². The number of halogens is 1. The number of rotatable bonds is 5. The van der Waals surface area contributed by atoms with Crippen LogP contribution in [0.1, 0.15) is 38.2 Å². The van der Waals surface area contributed by atoms with Crippen LogP contribution >= 0.6 is 35.7 Å². The third-order valence-electron chi connectivity index (χ3n) is 5.56. The zero-order valence-corrected chi connectivity index (χ0v) is 20.3. The Labute approximate surface area is 191 Å². The van der Waals surface area contributed by atoms with Gasteiger partial charge < -0.3 is 15.0 Å². The Morgan fingerprint density at radius 3 is 2.50 bits per heavy atom. The van der Waals surface area contributed by atoms with Gasteiger partial charge in [0.1, 0.15) is 0 Å². The number of piperidine rings is 1. The molecule has 28 heavy (non-hydrogen) atoms. The first-order valence-electron chi connectivity index (χ1n) is 10.2. The van der Waals surface area contributed by atoms with Gasteiger partial charge in [0.2, 0.25) is 0 Å². The molecule has 6 heteroatoms. The van der Waals surface area contributed by atoms with E-state index in [2.05, 4.69) is 59.8 Å². The zero-order chi connectivity index (χ0) is 19.0. The lowest BCUT2D eigenvalue weighted by molar-refractivity contribution is 0.0793. The molecule has 3 rings (SSSR count). The van der Waals surface area contributed by atoms with Gasteiger partial charge in [-0.3, -0.25) is 4.99 Å². The van der Waals surface area contributed by atoms with E-state index in [0.29, 0.717) is 0 Å². The normalized spacial score (nSPS) is 19.7. The van der Waals surface area contributed by atoms with E-state index in [0.717, 1.165) is 71.0 Å². The highest BCUT2D eigenvalue weighted by atomic mass is 127. The van der Waals surface area contributed by atoms with Crippen LogP contribution in [0, 0.1) is 0 Å². The summed E-state index contributed by atoms with van der Waals surface area (Å²) in [4.78, 5) is 7.48. The smallest absolute Gasteiger partial charge is 0.193 e. The Bertz CT molecular complexity index is 634. The van der Waals surface area contributed by atoms with Crippen LogP contribution in [0.5, 0.6) is 0 Å². The summed E-state index contributed by atoms with van der Waals surface area (Å²) < 4.78 is 5.81. The standard InChI is InChI=1S/C22H33N3OS.HI/c1-3-23-21(24-18-22(27-2)11-15-26-16-12-22)25-13-9-20(10-14-25)17-19-7-5-4-6-8-19;/h4-8,17H,3,9-16,18H2,1-2H3,(H,23,24);1H. The number of hydrogen-bond donors (Lipinski definition) is 1. The number of guanidine groups is 1. The SMILES string of the molecule is CCNC(=NCC1(SC)CCOCC1)N1CCC(=Cc2ccccc2)CC1.I. The molecule has 2 aliphatic rings. The van der Waals surface area contributed by atoms with Crippen LogP contribution in [0.2, 0.25) is 0 Å². The van der Waals surface area contributed by atoms with Crippen LogP contribution in [-0.4, -0.2) is 61.3 Å². The molecule has 1 aromatic carbocycles. The second-order valence-corrected chi connectivity index (χ2v) is 8.64. The molecule has 0 saturated carbocycles. The third-order valence-corrected chi connectivity index (χ3v) is 6.97. The molecule has 4 nitrogen and oxygen atoms in total. The molecule has 0 unspecified atom stereocenters. The molecule has 1 aromatic rings. The molecule has 0 spiro atoms. The molecule has 0 aromatic heterocycles. The van der Waals surface area contributed by atoms with Crippen molar-refractivity contribution in [2.45, 2.75) is 37.4 Å². The summed E-state index contributed by atoms with van der Waals surface area (Å²) >= 11 is 1.96. The maximum absolute atomic E-state index is 5.56. The zero-order valence-electron chi connectivity index (χ0n) is 17.2. The summed E-state index contributed by atoms with van der Waals surface area (Å²) in [6.07, 6.45) is 8.99. The summed E-state index contributed by atoms with van der Waals surface area (Å²) in [5, 5.41) is 3.51. The van der Waals surface area contributed by atoms with Gasteiger partial charge in [0, 0.05) is 37.6 Å². The highest BCUT2D eigenvalue weighted by molar-refractivity contribution is 14.0. The van der Waals surface area contributed by atoms with Crippen molar-refractivity contribution in [1.29, 1.82) is 0 Å². The number of ether oxygens (including phenoxy) is 1. The average Bonchev–Trinajstić information content (AvgIpc) is 2.73. The first-order chi connectivity index (χ1) is 13.2. The molecule has 2 aliphatic heterocycles. The second-order valence-electron chi connectivity index (χ2n) is 7.37. The number of hydrogen-bond acceptors (Lipinski definition) is 3. The lowest BCUT2D eigenvalue weighted by Gasteiger charge is -2.36. The van der Waals surface area contributed by atoms with Crippen molar-refractivity contribution in [3.63, 3.8) is 0 Å². The van der Waals surface area contributed by atoms with Crippen molar-refractivity contribution in [2.24, 2.45) is 4.99 Å². The van der Waals surface area contributed by atoms with Crippen LogP contribution in [0.25, 0.3) is 6.08 Å². The molecule has 1 N–H and O–H groups in total. The molecule has 2 fully saturated rings. The molecule has 0 atom stereocenters. The molecule has 0 bridgehead atoms. The molecule has 0 aliphatic carbocycles. The Morgan fingerprint density at radius 1 is 1.21 bits per heavy atom. The largest absolute Gasteiger partial charge is 0.381 e. The summed E-state index contributed by atoms with van der Waals surface area (Å²) in [7, 11) is 0. The Hall–Kier alpha value is -0.730. The highest BCUT2D eigenvalue weighted by Gasteiger charge is 2.32. The van der Waals surface area contributed by atoms with Crippen LogP contribution < -0.4 is 5.32 Å². The minimum absolute atomic E-state index is 0. The molecule has 2 saturated heterocycles. The number of nitrogens with one attached hydrogen (secondary N) is 1. The molecule has 0 amide bonds. The van der Waals surface area contributed by atoms with Gasteiger partial charge in [-0.15, -0.1) is 24.0 Å². The fourth-order valence-corrected chi connectivity index (χ4v) is 4.52. The van der Waals surface area contributed by atoms with Gasteiger partial charge in [-0.2, -0.15) is 11.8 Å². The van der Waals surface area contributed by atoms with Gasteiger partial charge in [0.05, 0.1) is 6.54 Å². The van der Waals surface area contributed by atoms with Crippen molar-refractivity contribution in [2.75, 3.05) is 45.6 Å². The maximum Gasteiger partial charge on any atom is 0.193 e. The van der Waals surface area contributed by atoms with Crippen LogP contribution in [0.4, 0.5) is 0 Å². The molecular weight excluding hydrogens is 481 g/mol. The van der Waals surface area contributed by atoms with E-state index in [4.69, 9.17) is 9.73 Å². The quantitative estimate of drug-likeness (QED) is 0.352. The van der Waals surface area contributed by atoms with Crippen molar-refractivity contribution in [1.82, 2.24) is 10.2 Å².